The van der Waals surface area contributed by atoms with Crippen LogP contribution in [-0.2, 0) is 4.79 Å². The van der Waals surface area contributed by atoms with Crippen LogP contribution in [0.2, 0.25) is 0 Å². The highest BCUT2D eigenvalue weighted by atomic mass is 32.1. The molecule has 1 aromatic heterocycles. The van der Waals surface area contributed by atoms with E-state index in [0.717, 1.165) is 11.4 Å². The molecule has 1 saturated carbocycles. The Morgan fingerprint density at radius 3 is 2.79 bits per heavy atom. The average Bonchev–Trinajstić information content (AvgIpc) is 2.80. The Balaban J connectivity index is 1.80. The highest BCUT2D eigenvalue weighted by Gasteiger charge is 2.44. The number of carbonyl (C=O) groups excluding carboxylic acids is 1. The standard InChI is InChI=1S/C12H17N3O3S/c1-8(9-13-5-6-19-9)15-11(18)14-7-12(10(16)17)3-2-4-12/h5-6,8H,2-4,7H2,1H3,(H,16,17)(H2,14,15,18). The van der Waals surface area contributed by atoms with Gasteiger partial charge in [0.1, 0.15) is 5.01 Å². The van der Waals surface area contributed by atoms with Gasteiger partial charge >= 0.3 is 12.0 Å². The zero-order chi connectivity index (χ0) is 13.9. The van der Waals surface area contributed by atoms with Gasteiger partial charge in [-0.05, 0) is 19.8 Å². The molecule has 19 heavy (non-hydrogen) atoms. The van der Waals surface area contributed by atoms with Gasteiger partial charge in [-0.1, -0.05) is 6.42 Å². The molecule has 0 bridgehead atoms. The summed E-state index contributed by atoms with van der Waals surface area (Å²) >= 11 is 1.47. The summed E-state index contributed by atoms with van der Waals surface area (Å²) in [5.74, 6) is -0.827. The number of nitrogens with one attached hydrogen (secondary N) is 2. The van der Waals surface area contributed by atoms with Crippen molar-refractivity contribution in [3.63, 3.8) is 0 Å². The zero-order valence-corrected chi connectivity index (χ0v) is 11.5. The Morgan fingerprint density at radius 2 is 2.32 bits per heavy atom. The maximum atomic E-state index is 11.7. The molecule has 0 radical (unpaired) electrons. The van der Waals surface area contributed by atoms with E-state index in [1.807, 2.05) is 12.3 Å². The molecule has 0 saturated heterocycles. The van der Waals surface area contributed by atoms with Crippen molar-refractivity contribution >= 4 is 23.3 Å². The Hall–Kier alpha value is -1.63. The van der Waals surface area contributed by atoms with Crippen LogP contribution in [0.15, 0.2) is 11.6 Å². The average molecular weight is 283 g/mol. The van der Waals surface area contributed by atoms with Crippen molar-refractivity contribution in [2.24, 2.45) is 5.41 Å². The third-order valence-corrected chi connectivity index (χ3v) is 4.48. The summed E-state index contributed by atoms with van der Waals surface area (Å²) in [6, 6.07) is -0.530. The second-order valence-corrected chi connectivity index (χ2v) is 5.78. The number of carboxylic acid groups (broad SMARTS) is 1. The monoisotopic (exact) mass is 283 g/mol. The summed E-state index contributed by atoms with van der Waals surface area (Å²) < 4.78 is 0. The van der Waals surface area contributed by atoms with Crippen molar-refractivity contribution in [2.45, 2.75) is 32.2 Å². The van der Waals surface area contributed by atoms with Gasteiger partial charge < -0.3 is 15.7 Å². The molecule has 0 aromatic carbocycles. The number of amides is 2. The van der Waals surface area contributed by atoms with Gasteiger partial charge in [0.2, 0.25) is 0 Å². The molecule has 0 spiro atoms. The van der Waals surface area contributed by atoms with Crippen molar-refractivity contribution in [1.29, 1.82) is 0 Å². The number of urea groups is 1. The Bertz CT molecular complexity index is 457. The van der Waals surface area contributed by atoms with Gasteiger partial charge in [0.05, 0.1) is 11.5 Å². The van der Waals surface area contributed by atoms with Gasteiger partial charge in [-0.25, -0.2) is 9.78 Å². The lowest BCUT2D eigenvalue weighted by atomic mass is 9.69. The summed E-state index contributed by atoms with van der Waals surface area (Å²) in [5, 5.41) is 17.2. The van der Waals surface area contributed by atoms with E-state index in [1.54, 1.807) is 6.20 Å². The lowest BCUT2D eigenvalue weighted by Crippen LogP contribution is -2.50. The van der Waals surface area contributed by atoms with Crippen LogP contribution < -0.4 is 10.6 Å². The summed E-state index contributed by atoms with van der Waals surface area (Å²) in [4.78, 5) is 27.0. The largest absolute Gasteiger partial charge is 0.481 e. The molecule has 7 heteroatoms. The SMILES string of the molecule is CC(NC(=O)NCC1(C(=O)O)CCC1)c1nccs1. The maximum Gasteiger partial charge on any atom is 0.315 e. The van der Waals surface area contributed by atoms with Crippen LogP contribution in [0.3, 0.4) is 0 Å². The van der Waals surface area contributed by atoms with Gasteiger partial charge in [0, 0.05) is 18.1 Å². The number of hydrogen-bond acceptors (Lipinski definition) is 4. The van der Waals surface area contributed by atoms with Crippen LogP contribution in [0.1, 0.15) is 37.2 Å². The van der Waals surface area contributed by atoms with Crippen molar-refractivity contribution < 1.29 is 14.7 Å². The van der Waals surface area contributed by atoms with Gasteiger partial charge in [0.25, 0.3) is 0 Å². The van der Waals surface area contributed by atoms with Gasteiger partial charge in [-0.3, -0.25) is 4.79 Å². The second-order valence-electron chi connectivity index (χ2n) is 4.86. The minimum atomic E-state index is -0.827. The number of aliphatic carboxylic acids is 1. The lowest BCUT2D eigenvalue weighted by molar-refractivity contribution is -0.153. The molecular weight excluding hydrogens is 266 g/mol. The summed E-state index contributed by atoms with van der Waals surface area (Å²) in [5.41, 5.74) is -0.762. The summed E-state index contributed by atoms with van der Waals surface area (Å²) in [6.45, 7) is 2.02. The molecule has 6 nitrogen and oxygen atoms in total. The van der Waals surface area contributed by atoms with E-state index in [0.29, 0.717) is 12.8 Å². The van der Waals surface area contributed by atoms with Crippen molar-refractivity contribution in [1.82, 2.24) is 15.6 Å². The third-order valence-electron chi connectivity index (χ3n) is 3.52. The molecule has 1 heterocycles. The fraction of sp³-hybridized carbons (Fsp3) is 0.583. The first-order valence-corrected chi connectivity index (χ1v) is 7.09. The van der Waals surface area contributed by atoms with Gasteiger partial charge in [0.15, 0.2) is 0 Å². The summed E-state index contributed by atoms with van der Waals surface area (Å²) in [7, 11) is 0. The number of rotatable bonds is 5. The van der Waals surface area contributed by atoms with Crippen LogP contribution >= 0.6 is 11.3 Å². The topological polar surface area (TPSA) is 91.3 Å². The molecular formula is C12H17N3O3S. The number of hydrogen-bond donors (Lipinski definition) is 3. The summed E-state index contributed by atoms with van der Waals surface area (Å²) in [6.07, 6.45) is 3.85. The van der Waals surface area contributed by atoms with Crippen molar-refractivity contribution in [2.75, 3.05) is 6.54 Å². The van der Waals surface area contributed by atoms with Gasteiger partial charge in [-0.15, -0.1) is 11.3 Å². The van der Waals surface area contributed by atoms with Crippen LogP contribution in [0.25, 0.3) is 0 Å². The Labute approximate surface area is 115 Å². The van der Waals surface area contributed by atoms with Crippen molar-refractivity contribution in [3.8, 4) is 0 Å². The molecule has 1 aromatic rings. The lowest BCUT2D eigenvalue weighted by Gasteiger charge is -2.37. The molecule has 1 unspecified atom stereocenters. The van der Waals surface area contributed by atoms with Crippen LogP contribution in [0, 0.1) is 5.41 Å². The highest BCUT2D eigenvalue weighted by molar-refractivity contribution is 7.09. The Morgan fingerprint density at radius 1 is 1.58 bits per heavy atom. The first-order valence-electron chi connectivity index (χ1n) is 6.21. The molecule has 1 atom stereocenters. The predicted molar refractivity (Wildman–Crippen MR) is 71.0 cm³/mol. The number of aromatic nitrogens is 1. The molecule has 1 aliphatic carbocycles. The van der Waals surface area contributed by atoms with E-state index in [1.165, 1.54) is 11.3 Å². The van der Waals surface area contributed by atoms with Gasteiger partial charge in [-0.2, -0.15) is 0 Å². The Kier molecular flexibility index (Phi) is 4.04. The fourth-order valence-electron chi connectivity index (χ4n) is 2.08. The molecule has 2 amide bonds. The number of nitrogens with zero attached hydrogens (tertiary/aromatic N) is 1. The normalized spacial score (nSPS) is 18.2. The molecule has 1 aliphatic rings. The fourth-order valence-corrected chi connectivity index (χ4v) is 2.72. The van der Waals surface area contributed by atoms with E-state index in [9.17, 15) is 9.59 Å². The van der Waals surface area contributed by atoms with Crippen molar-refractivity contribution in [3.05, 3.63) is 16.6 Å². The van der Waals surface area contributed by atoms with E-state index < -0.39 is 11.4 Å². The van der Waals surface area contributed by atoms with E-state index >= 15 is 0 Å². The maximum absolute atomic E-state index is 11.7. The first-order chi connectivity index (χ1) is 9.03. The second kappa shape index (κ2) is 5.56. The van der Waals surface area contributed by atoms with Crippen LogP contribution in [0.5, 0.6) is 0 Å². The first kappa shape index (κ1) is 13.8. The minimum absolute atomic E-state index is 0.179. The smallest absolute Gasteiger partial charge is 0.315 e. The highest BCUT2D eigenvalue weighted by Crippen LogP contribution is 2.40. The quantitative estimate of drug-likeness (QED) is 0.768. The third kappa shape index (κ3) is 3.04. The van der Waals surface area contributed by atoms with E-state index in [2.05, 4.69) is 15.6 Å². The molecule has 104 valence electrons. The number of carbonyl (C=O) groups is 2. The number of carboxylic acids is 1. The minimum Gasteiger partial charge on any atom is -0.481 e. The molecule has 0 aliphatic heterocycles. The molecule has 3 N–H and O–H groups in total. The zero-order valence-electron chi connectivity index (χ0n) is 10.7. The predicted octanol–water partition coefficient (Wildman–Crippen LogP) is 1.76. The van der Waals surface area contributed by atoms with E-state index in [4.69, 9.17) is 5.11 Å². The molecule has 1 fully saturated rings. The molecule has 2 rings (SSSR count). The van der Waals surface area contributed by atoms with Crippen LogP contribution in [0.4, 0.5) is 4.79 Å². The number of thiazole rings is 1. The van der Waals surface area contributed by atoms with Crippen LogP contribution in [-0.4, -0.2) is 28.6 Å². The van der Waals surface area contributed by atoms with E-state index in [-0.39, 0.29) is 18.6 Å².